The van der Waals surface area contributed by atoms with Gasteiger partial charge in [-0.15, -0.1) is 10.2 Å². The Bertz CT molecular complexity index is 1020. The lowest BCUT2D eigenvalue weighted by Crippen LogP contribution is -2.53. The molecule has 170 valence electrons. The number of amides is 2. The number of hydrogen-bond acceptors (Lipinski definition) is 5. The van der Waals surface area contributed by atoms with Crippen molar-refractivity contribution >= 4 is 11.8 Å². The first-order valence-corrected chi connectivity index (χ1v) is 11.3. The van der Waals surface area contributed by atoms with Crippen molar-refractivity contribution < 1.29 is 22.8 Å². The van der Waals surface area contributed by atoms with E-state index >= 15 is 0 Å². The molecule has 0 saturated heterocycles. The van der Waals surface area contributed by atoms with Crippen molar-refractivity contribution in [1.29, 1.82) is 0 Å². The van der Waals surface area contributed by atoms with Gasteiger partial charge in [0, 0.05) is 30.1 Å². The Labute approximate surface area is 184 Å². The lowest BCUT2D eigenvalue weighted by atomic mass is 9.82. The van der Waals surface area contributed by atoms with Crippen molar-refractivity contribution in [2.24, 2.45) is 5.92 Å². The van der Waals surface area contributed by atoms with Crippen LogP contribution in [0.3, 0.4) is 0 Å². The van der Waals surface area contributed by atoms with Crippen LogP contribution in [-0.4, -0.2) is 39.0 Å². The van der Waals surface area contributed by atoms with Crippen molar-refractivity contribution in [2.75, 3.05) is 0 Å². The number of nitrogens with one attached hydrogen (secondary N) is 1. The average Bonchev–Trinajstić information content (AvgIpc) is 3.37. The molecule has 2 aromatic rings. The number of fused-ring (bicyclic) bond motifs is 1. The molecule has 0 bridgehead atoms. The van der Waals surface area contributed by atoms with Crippen molar-refractivity contribution in [2.45, 2.75) is 76.4 Å². The van der Waals surface area contributed by atoms with Gasteiger partial charge in [0.1, 0.15) is 0 Å². The monoisotopic (exact) mass is 444 g/mol. The van der Waals surface area contributed by atoms with Crippen molar-refractivity contribution in [3.05, 3.63) is 35.2 Å². The molecule has 1 aromatic heterocycles. The van der Waals surface area contributed by atoms with E-state index in [1.165, 1.54) is 6.42 Å². The number of carbonyl (C=O) groups excluding carboxylic acids is 2. The summed E-state index contributed by atoms with van der Waals surface area (Å²) in [6, 6.07) is 5.05. The second kappa shape index (κ2) is 8.60. The molecule has 1 aromatic carbocycles. The Hall–Kier alpha value is -2.84. The first kappa shape index (κ1) is 21.0. The number of carbonyl (C=O) groups is 2. The molecule has 1 aliphatic heterocycles. The minimum Gasteiger partial charge on any atom is -0.415 e. The van der Waals surface area contributed by atoms with Crippen molar-refractivity contribution in [3.63, 3.8) is 0 Å². The van der Waals surface area contributed by atoms with E-state index in [0.29, 0.717) is 30.0 Å². The van der Waals surface area contributed by atoms with E-state index < -0.39 is 12.3 Å². The molecule has 5 rings (SSSR count). The minimum absolute atomic E-state index is 0.0341. The molecule has 0 spiro atoms. The van der Waals surface area contributed by atoms with Gasteiger partial charge in [-0.1, -0.05) is 25.3 Å². The largest absolute Gasteiger partial charge is 0.415 e. The fraction of sp³-hybridized carbons (Fsp3) is 0.565. The zero-order valence-corrected chi connectivity index (χ0v) is 17.7. The van der Waals surface area contributed by atoms with Gasteiger partial charge in [-0.25, -0.2) is 0 Å². The van der Waals surface area contributed by atoms with Crippen LogP contribution >= 0.6 is 0 Å². The van der Waals surface area contributed by atoms with Gasteiger partial charge in [0.15, 0.2) is 0 Å². The molecule has 7 nitrogen and oxygen atoms in total. The Morgan fingerprint density at radius 1 is 1.16 bits per heavy atom. The van der Waals surface area contributed by atoms with Crippen LogP contribution < -0.4 is 5.32 Å². The van der Waals surface area contributed by atoms with Crippen molar-refractivity contribution in [3.8, 4) is 11.5 Å². The second-order valence-electron chi connectivity index (χ2n) is 9.08. The lowest BCUT2D eigenvalue weighted by Gasteiger charge is -2.38. The highest BCUT2D eigenvalue weighted by molar-refractivity contribution is 5.99. The Morgan fingerprint density at radius 2 is 1.97 bits per heavy atom. The van der Waals surface area contributed by atoms with Gasteiger partial charge in [0.05, 0.1) is 6.04 Å². The third-order valence-electron chi connectivity index (χ3n) is 6.99. The topological polar surface area (TPSA) is 88.3 Å². The zero-order chi connectivity index (χ0) is 22.2. The molecule has 2 amide bonds. The van der Waals surface area contributed by atoms with Gasteiger partial charge in [0.2, 0.25) is 11.8 Å². The smallest absolute Gasteiger partial charge is 0.314 e. The molecule has 2 aliphatic carbocycles. The summed E-state index contributed by atoms with van der Waals surface area (Å²) in [5.41, 5.74) is 1.83. The Balaban J connectivity index is 1.31. The molecule has 1 N–H and O–H groups in total. The number of benzene rings is 1. The number of aromatic nitrogens is 2. The van der Waals surface area contributed by atoms with Gasteiger partial charge in [-0.3, -0.25) is 9.59 Å². The van der Waals surface area contributed by atoms with Gasteiger partial charge >= 0.3 is 6.43 Å². The summed E-state index contributed by atoms with van der Waals surface area (Å²) in [5, 5.41) is 10.2. The number of rotatable bonds is 6. The summed E-state index contributed by atoms with van der Waals surface area (Å²) in [7, 11) is 0. The first-order valence-electron chi connectivity index (χ1n) is 11.3. The number of nitrogens with zero attached hydrogens (tertiary/aromatic N) is 3. The predicted molar refractivity (Wildman–Crippen MR) is 111 cm³/mol. The van der Waals surface area contributed by atoms with Crippen LogP contribution in [0.1, 0.15) is 79.6 Å². The normalized spacial score (nSPS) is 23.3. The Kier molecular flexibility index (Phi) is 5.65. The average molecular weight is 444 g/mol. The second-order valence-corrected chi connectivity index (χ2v) is 9.08. The molecule has 2 saturated carbocycles. The van der Waals surface area contributed by atoms with Crippen molar-refractivity contribution in [1.82, 2.24) is 20.4 Å². The molecule has 2 atom stereocenters. The van der Waals surface area contributed by atoms with Crippen LogP contribution in [0.25, 0.3) is 11.5 Å². The molecular weight excluding hydrogens is 418 g/mol. The maximum Gasteiger partial charge on any atom is 0.314 e. The first-order chi connectivity index (χ1) is 15.5. The van der Waals surface area contributed by atoms with Gasteiger partial charge < -0.3 is 14.6 Å². The van der Waals surface area contributed by atoms with Gasteiger partial charge in [-0.2, -0.15) is 8.78 Å². The van der Waals surface area contributed by atoms with Crippen LogP contribution in [0.15, 0.2) is 22.6 Å². The summed E-state index contributed by atoms with van der Waals surface area (Å²) in [5.74, 6) is -0.294. The maximum absolute atomic E-state index is 13.3. The third-order valence-corrected chi connectivity index (χ3v) is 6.99. The highest BCUT2D eigenvalue weighted by Gasteiger charge is 2.39. The number of alkyl halides is 2. The summed E-state index contributed by atoms with van der Waals surface area (Å²) in [6.45, 7) is 0.472. The Morgan fingerprint density at radius 3 is 2.69 bits per heavy atom. The molecule has 9 heteroatoms. The fourth-order valence-electron chi connectivity index (χ4n) is 5.04. The van der Waals surface area contributed by atoms with E-state index in [2.05, 4.69) is 15.5 Å². The molecule has 0 radical (unpaired) electrons. The summed E-state index contributed by atoms with van der Waals surface area (Å²) in [4.78, 5) is 27.7. The highest BCUT2D eigenvalue weighted by Crippen LogP contribution is 2.34. The fourth-order valence-corrected chi connectivity index (χ4v) is 5.04. The molecule has 2 unspecified atom stereocenters. The van der Waals surface area contributed by atoms with Gasteiger partial charge in [-0.05, 0) is 49.3 Å². The molecular formula is C23H26F2N4O3. The van der Waals surface area contributed by atoms with E-state index in [-0.39, 0.29) is 29.8 Å². The van der Waals surface area contributed by atoms with E-state index in [0.717, 1.165) is 44.1 Å². The van der Waals surface area contributed by atoms with E-state index in [4.69, 9.17) is 4.42 Å². The SMILES string of the molecule is O=C(CC1CCC1)NC1CCCCC1N1Cc2ccc(-c3nnc(C(F)F)o3)cc2C1=O. The number of hydrogen-bond donors (Lipinski definition) is 1. The van der Waals surface area contributed by atoms with Crippen LogP contribution in [0, 0.1) is 5.92 Å². The predicted octanol–water partition coefficient (Wildman–Crippen LogP) is 4.25. The van der Waals surface area contributed by atoms with Gasteiger partial charge in [0.25, 0.3) is 11.8 Å². The lowest BCUT2D eigenvalue weighted by molar-refractivity contribution is -0.124. The molecule has 2 fully saturated rings. The van der Waals surface area contributed by atoms with Crippen LogP contribution in [0.4, 0.5) is 8.78 Å². The summed E-state index contributed by atoms with van der Waals surface area (Å²) >= 11 is 0. The summed E-state index contributed by atoms with van der Waals surface area (Å²) < 4.78 is 30.6. The summed E-state index contributed by atoms with van der Waals surface area (Å²) in [6.07, 6.45) is 4.96. The molecule has 32 heavy (non-hydrogen) atoms. The maximum atomic E-state index is 13.3. The van der Waals surface area contributed by atoms with Crippen LogP contribution in [0.5, 0.6) is 0 Å². The minimum atomic E-state index is -2.84. The molecule has 3 aliphatic rings. The molecule has 2 heterocycles. The van der Waals surface area contributed by atoms with E-state index in [1.54, 1.807) is 12.1 Å². The quantitative estimate of drug-likeness (QED) is 0.720. The van der Waals surface area contributed by atoms with E-state index in [9.17, 15) is 18.4 Å². The zero-order valence-electron chi connectivity index (χ0n) is 17.7. The highest BCUT2D eigenvalue weighted by atomic mass is 19.3. The standard InChI is InChI=1S/C23H26F2N4O3/c24-20(25)22-28-27-21(32-22)14-8-9-15-12-29(23(31)16(15)11-14)18-7-2-1-6-17(18)26-19(30)10-13-4-3-5-13/h8-9,11,13,17-18,20H,1-7,10,12H2,(H,26,30). The van der Waals surface area contributed by atoms with Crippen LogP contribution in [-0.2, 0) is 11.3 Å². The van der Waals surface area contributed by atoms with Crippen LogP contribution in [0.2, 0.25) is 0 Å². The number of halogens is 2. The third kappa shape index (κ3) is 4.00. The van der Waals surface area contributed by atoms with E-state index in [1.807, 2.05) is 11.0 Å².